The first kappa shape index (κ1) is 34.7. The van der Waals surface area contributed by atoms with E-state index in [2.05, 4.69) is 62.4 Å². The van der Waals surface area contributed by atoms with Crippen LogP contribution >= 0.6 is 0 Å². The Morgan fingerprint density at radius 3 is 2.53 bits per heavy atom. The zero-order valence-corrected chi connectivity index (χ0v) is 27.4. The molecule has 6 atom stereocenters. The third-order valence-corrected chi connectivity index (χ3v) is 10.1. The maximum Gasteiger partial charge on any atom is 0.481 e. The molecule has 4 aliphatic rings. The number of hydrogen-bond acceptors (Lipinski definition) is 7. The number of unbranched alkanes of at least 4 members (excludes halogenated alkanes) is 1. The summed E-state index contributed by atoms with van der Waals surface area (Å²) in [6.45, 7) is 11.1. The summed E-state index contributed by atoms with van der Waals surface area (Å²) < 4.78 is 13.2. The minimum absolute atomic E-state index is 0.00618. The van der Waals surface area contributed by atoms with Crippen molar-refractivity contribution in [1.29, 1.82) is 0 Å². The maximum absolute atomic E-state index is 13.8. The Balaban J connectivity index is 1.38. The summed E-state index contributed by atoms with van der Waals surface area (Å²) in [5.41, 5.74) is 8.38. The third kappa shape index (κ3) is 8.75. The highest BCUT2D eigenvalue weighted by molar-refractivity contribution is 6.48. The second kappa shape index (κ2) is 14.9. The van der Waals surface area contributed by atoms with Crippen molar-refractivity contribution in [3.8, 4) is 0 Å². The topological polar surface area (TPSA) is 170 Å². The molecule has 5 rings (SSSR count). The number of nitro groups is 1. The van der Waals surface area contributed by atoms with Gasteiger partial charge < -0.3 is 25.7 Å². The van der Waals surface area contributed by atoms with E-state index in [4.69, 9.17) is 15.0 Å². The van der Waals surface area contributed by atoms with E-state index in [9.17, 15) is 19.7 Å². The van der Waals surface area contributed by atoms with E-state index in [0.717, 1.165) is 25.7 Å². The number of hydrazine groups is 1. The van der Waals surface area contributed by atoms with Crippen molar-refractivity contribution in [2.24, 2.45) is 33.9 Å². The van der Waals surface area contributed by atoms with Crippen molar-refractivity contribution in [2.45, 2.75) is 116 Å². The third-order valence-electron chi connectivity index (χ3n) is 10.1. The number of hydrogen-bond donors (Lipinski definition) is 4. The Morgan fingerprint density at radius 2 is 1.87 bits per heavy atom. The quantitative estimate of drug-likeness (QED) is 0.0539. The van der Waals surface area contributed by atoms with Crippen molar-refractivity contribution < 1.29 is 23.9 Å². The second-order valence-electron chi connectivity index (χ2n) is 14.2. The van der Waals surface area contributed by atoms with E-state index in [0.29, 0.717) is 37.5 Å². The van der Waals surface area contributed by atoms with E-state index in [1.54, 1.807) is 0 Å². The fraction of sp³-hybridized carbons (Fsp3) is 0.719. The molecular weight excluding hydrogens is 575 g/mol. The lowest BCUT2D eigenvalue weighted by atomic mass is 9.43. The number of aliphatic imine (C=N–C) groups is 1. The average molecular weight is 627 g/mol. The molecule has 1 aromatic carbocycles. The first-order valence-electron chi connectivity index (χ1n) is 16.5. The number of rotatable bonds is 16. The molecule has 0 radical (unpaired) electrons. The highest BCUT2D eigenvalue weighted by Crippen LogP contribution is 2.65. The number of nitrogens with two attached hydrogens (primary N) is 1. The predicted octanol–water partition coefficient (Wildman–Crippen LogP) is 3.56. The van der Waals surface area contributed by atoms with Crippen LogP contribution in [0.15, 0.2) is 35.3 Å². The van der Waals surface area contributed by atoms with Crippen LogP contribution in [-0.4, -0.2) is 60.2 Å². The number of nitrogens with one attached hydrogen (secondary N) is 3. The van der Waals surface area contributed by atoms with Crippen molar-refractivity contribution in [3.05, 3.63) is 46.0 Å². The summed E-state index contributed by atoms with van der Waals surface area (Å²) in [5, 5.41) is 15.9. The molecule has 1 heterocycles. The number of nitrogens with zero attached hydrogens (tertiary/aromatic N) is 2. The summed E-state index contributed by atoms with van der Waals surface area (Å²) in [6.07, 6.45) is 6.16. The number of guanidine groups is 1. The zero-order chi connectivity index (χ0) is 32.8. The Kier molecular flexibility index (Phi) is 11.5. The molecule has 0 unspecified atom stereocenters. The van der Waals surface area contributed by atoms with E-state index < -0.39 is 23.8 Å². The van der Waals surface area contributed by atoms with E-state index in [1.807, 2.05) is 23.6 Å². The van der Waals surface area contributed by atoms with Crippen LogP contribution in [0.4, 0.5) is 0 Å². The SMILES string of the molecule is CC(C)C[C@H](NC(=O)[C@H](CCCN=C(N)N[N+](=O)[O-])NC(=O)CCCCc1ccccc1)B1O[C@@H]2C[C@@H]3C[C@@H](C3(C)C)[C@]2(C)O1. The molecule has 5 N–H and O–H groups in total. The molecule has 3 saturated carbocycles. The second-order valence-corrected chi connectivity index (χ2v) is 14.2. The first-order chi connectivity index (χ1) is 21.3. The number of aryl methyl sites for hydroxylation is 1. The molecule has 1 aliphatic heterocycles. The molecule has 4 fully saturated rings. The standard InChI is InChI=1S/C32H51BN6O6/c1-21(2)18-27(33-44-26-20-23-19-25(31(23,3)4)32(26,5)45-33)37-29(41)24(15-11-17-35-30(34)38-39(42)43)36-28(40)16-10-9-14-22-12-7-6-8-13-22/h6-8,12-13,21,23-27H,9-11,14-20H2,1-5H3,(H,36,40)(H,37,41)(H3,34,35,38)/t23-,24-,25-,26+,27-,32-/m0/s1. The Morgan fingerprint density at radius 1 is 1.13 bits per heavy atom. The van der Waals surface area contributed by atoms with Gasteiger partial charge in [0.05, 0.1) is 17.6 Å². The van der Waals surface area contributed by atoms with E-state index in [-0.39, 0.29) is 54.1 Å². The summed E-state index contributed by atoms with van der Waals surface area (Å²) in [6, 6.07) is 9.31. The molecule has 45 heavy (non-hydrogen) atoms. The maximum atomic E-state index is 13.8. The summed E-state index contributed by atoms with van der Waals surface area (Å²) in [7, 11) is -0.576. The lowest BCUT2D eigenvalue weighted by Gasteiger charge is -2.64. The lowest BCUT2D eigenvalue weighted by Crippen LogP contribution is -2.65. The van der Waals surface area contributed by atoms with Gasteiger partial charge in [0.2, 0.25) is 11.8 Å². The lowest BCUT2D eigenvalue weighted by molar-refractivity contribution is -0.525. The van der Waals surface area contributed by atoms with Gasteiger partial charge in [-0.1, -0.05) is 63.5 Å². The van der Waals surface area contributed by atoms with Crippen LogP contribution in [0, 0.1) is 33.3 Å². The molecule has 1 saturated heterocycles. The molecule has 0 aromatic heterocycles. The van der Waals surface area contributed by atoms with E-state index >= 15 is 0 Å². The number of amides is 2. The molecule has 3 aliphatic carbocycles. The van der Waals surface area contributed by atoms with Crippen LogP contribution in [0.2, 0.25) is 0 Å². The number of carbonyl (C=O) groups is 2. The van der Waals surface area contributed by atoms with Crippen LogP contribution in [-0.2, 0) is 25.3 Å². The van der Waals surface area contributed by atoms with Crippen LogP contribution in [0.1, 0.15) is 91.5 Å². The van der Waals surface area contributed by atoms with Crippen LogP contribution in [0.5, 0.6) is 0 Å². The molecule has 13 heteroatoms. The minimum Gasteiger partial charge on any atom is -0.404 e. The number of carbonyl (C=O) groups excluding carboxylic acids is 2. The molecule has 0 spiro atoms. The predicted molar refractivity (Wildman–Crippen MR) is 173 cm³/mol. The Bertz CT molecular complexity index is 1220. The monoisotopic (exact) mass is 626 g/mol. The Labute approximate surface area is 267 Å². The fourth-order valence-electron chi connectivity index (χ4n) is 7.52. The van der Waals surface area contributed by atoms with Crippen molar-refractivity contribution >= 4 is 24.9 Å². The minimum atomic E-state index is -0.813. The van der Waals surface area contributed by atoms with Gasteiger partial charge in [-0.15, -0.1) is 0 Å². The summed E-state index contributed by atoms with van der Waals surface area (Å²) in [5.74, 6) is 0.0835. The molecule has 2 amide bonds. The van der Waals surface area contributed by atoms with Gasteiger partial charge in [0.25, 0.3) is 5.96 Å². The smallest absolute Gasteiger partial charge is 0.404 e. The van der Waals surface area contributed by atoms with Crippen molar-refractivity contribution in [1.82, 2.24) is 16.1 Å². The molecule has 1 aromatic rings. The van der Waals surface area contributed by atoms with Crippen LogP contribution < -0.4 is 21.8 Å². The highest BCUT2D eigenvalue weighted by atomic mass is 16.7. The zero-order valence-electron chi connectivity index (χ0n) is 27.4. The first-order valence-corrected chi connectivity index (χ1v) is 16.5. The molecule has 12 nitrogen and oxygen atoms in total. The van der Waals surface area contributed by atoms with Gasteiger partial charge in [-0.05, 0) is 87.0 Å². The molecular formula is C32H51BN6O6. The summed E-state index contributed by atoms with van der Waals surface area (Å²) in [4.78, 5) is 41.3. The van der Waals surface area contributed by atoms with Gasteiger partial charge >= 0.3 is 7.12 Å². The van der Waals surface area contributed by atoms with Crippen molar-refractivity contribution in [3.63, 3.8) is 0 Å². The summed E-state index contributed by atoms with van der Waals surface area (Å²) >= 11 is 0. The Hall–Kier alpha value is -3.19. The van der Waals surface area contributed by atoms with Crippen LogP contribution in [0.3, 0.4) is 0 Å². The van der Waals surface area contributed by atoms with Gasteiger partial charge in [-0.25, -0.2) is 15.1 Å². The van der Waals surface area contributed by atoms with Gasteiger partial charge in [0.1, 0.15) is 6.04 Å². The fourth-order valence-corrected chi connectivity index (χ4v) is 7.52. The molecule has 248 valence electrons. The molecule has 2 bridgehead atoms. The van der Waals surface area contributed by atoms with Gasteiger partial charge in [0, 0.05) is 13.0 Å². The van der Waals surface area contributed by atoms with Crippen LogP contribution in [0.25, 0.3) is 0 Å². The highest BCUT2D eigenvalue weighted by Gasteiger charge is 2.68. The van der Waals surface area contributed by atoms with Crippen molar-refractivity contribution in [2.75, 3.05) is 6.54 Å². The normalized spacial score (nSPS) is 26.4. The average Bonchev–Trinajstić information content (AvgIpc) is 3.33. The van der Waals surface area contributed by atoms with Gasteiger partial charge in [0.15, 0.2) is 5.03 Å². The van der Waals surface area contributed by atoms with Gasteiger partial charge in [-0.2, -0.15) is 0 Å². The largest absolute Gasteiger partial charge is 0.481 e. The van der Waals surface area contributed by atoms with Gasteiger partial charge in [-0.3, -0.25) is 9.59 Å². The van der Waals surface area contributed by atoms with E-state index in [1.165, 1.54) is 5.56 Å². The number of benzene rings is 1.